The number of ether oxygens (including phenoxy) is 1. The maximum Gasteiger partial charge on any atom is 0.234 e. The molecule has 0 unspecified atom stereocenters. The van der Waals surface area contributed by atoms with Crippen LogP contribution in [0.5, 0.6) is 0 Å². The lowest BCUT2D eigenvalue weighted by Crippen LogP contribution is -2.40. The zero-order valence-electron chi connectivity index (χ0n) is 13.5. The zero-order chi connectivity index (χ0) is 15.6. The van der Waals surface area contributed by atoms with Gasteiger partial charge in [0.2, 0.25) is 5.91 Å². The molecule has 0 atom stereocenters. The van der Waals surface area contributed by atoms with Crippen LogP contribution in [-0.4, -0.2) is 35.8 Å². The average Bonchev–Trinajstić information content (AvgIpc) is 2.90. The van der Waals surface area contributed by atoms with Gasteiger partial charge in [0.05, 0.1) is 24.5 Å². The number of aromatic nitrogens is 2. The summed E-state index contributed by atoms with van der Waals surface area (Å²) in [5.41, 5.74) is 1.84. The maximum absolute atomic E-state index is 12.0. The van der Waals surface area contributed by atoms with E-state index < -0.39 is 0 Å². The van der Waals surface area contributed by atoms with Gasteiger partial charge in [-0.3, -0.25) is 9.89 Å². The lowest BCUT2D eigenvalue weighted by atomic mass is 9.97. The highest BCUT2D eigenvalue weighted by Crippen LogP contribution is 2.16. The van der Waals surface area contributed by atoms with Gasteiger partial charge in [-0.25, -0.2) is 0 Å². The van der Waals surface area contributed by atoms with Crippen LogP contribution in [0, 0.1) is 0 Å². The molecule has 1 aliphatic rings. The number of methoxy groups -OCH3 is 1. The topological polar surface area (TPSA) is 79.0 Å². The number of hydrogen-bond donors (Lipinski definition) is 3. The van der Waals surface area contributed by atoms with Gasteiger partial charge in [-0.2, -0.15) is 5.10 Å². The van der Waals surface area contributed by atoms with E-state index in [1.807, 2.05) is 6.07 Å². The van der Waals surface area contributed by atoms with Crippen molar-refractivity contribution in [3.8, 4) is 0 Å². The van der Waals surface area contributed by atoms with Gasteiger partial charge in [0.1, 0.15) is 0 Å². The fourth-order valence-corrected chi connectivity index (χ4v) is 2.91. The Kier molecular flexibility index (Phi) is 7.39. The molecule has 6 heteroatoms. The van der Waals surface area contributed by atoms with Crippen molar-refractivity contribution in [2.75, 3.05) is 13.7 Å². The van der Waals surface area contributed by atoms with Crippen LogP contribution in [0.4, 0.5) is 0 Å². The van der Waals surface area contributed by atoms with Crippen LogP contribution < -0.4 is 10.6 Å². The fourth-order valence-electron chi connectivity index (χ4n) is 2.91. The third-order valence-corrected chi connectivity index (χ3v) is 4.05. The molecule has 0 bridgehead atoms. The Hall–Kier alpha value is -1.40. The number of H-pyrrole nitrogens is 1. The lowest BCUT2D eigenvalue weighted by Gasteiger charge is -2.21. The molecule has 1 amide bonds. The second-order valence-electron chi connectivity index (χ2n) is 6.03. The Morgan fingerprint density at radius 2 is 2.05 bits per heavy atom. The summed E-state index contributed by atoms with van der Waals surface area (Å²) in [5.74, 6) is 0.0817. The summed E-state index contributed by atoms with van der Waals surface area (Å²) in [4.78, 5) is 12.0. The normalized spacial score (nSPS) is 17.0. The molecule has 1 aromatic rings. The van der Waals surface area contributed by atoms with Crippen molar-refractivity contribution in [1.82, 2.24) is 20.8 Å². The van der Waals surface area contributed by atoms with Crippen molar-refractivity contribution in [2.45, 2.75) is 64.1 Å². The summed E-state index contributed by atoms with van der Waals surface area (Å²) in [6.45, 7) is 1.44. The van der Waals surface area contributed by atoms with Gasteiger partial charge in [-0.15, -0.1) is 0 Å². The molecule has 0 radical (unpaired) electrons. The quantitative estimate of drug-likeness (QED) is 0.718. The fraction of sp³-hybridized carbons (Fsp3) is 0.750. The van der Waals surface area contributed by atoms with Crippen molar-refractivity contribution in [2.24, 2.45) is 0 Å². The van der Waals surface area contributed by atoms with Crippen molar-refractivity contribution < 1.29 is 9.53 Å². The number of carbonyl (C=O) groups is 1. The number of nitrogens with zero attached hydrogens (tertiary/aromatic N) is 1. The second kappa shape index (κ2) is 9.58. The van der Waals surface area contributed by atoms with Crippen LogP contribution in [0.2, 0.25) is 0 Å². The Morgan fingerprint density at radius 1 is 1.32 bits per heavy atom. The van der Waals surface area contributed by atoms with Gasteiger partial charge in [0, 0.05) is 19.7 Å². The van der Waals surface area contributed by atoms with Gasteiger partial charge in [0.25, 0.3) is 0 Å². The maximum atomic E-state index is 12.0. The van der Waals surface area contributed by atoms with E-state index in [1.54, 1.807) is 7.11 Å². The number of aromatic amines is 1. The third kappa shape index (κ3) is 6.15. The number of nitrogens with one attached hydrogen (secondary N) is 3. The van der Waals surface area contributed by atoms with Crippen LogP contribution in [0.25, 0.3) is 0 Å². The van der Waals surface area contributed by atoms with E-state index in [2.05, 4.69) is 20.8 Å². The molecule has 2 rings (SSSR count). The minimum Gasteiger partial charge on any atom is -0.378 e. The standard InChI is InChI=1S/C16H28N4O2/c1-22-12-15-9-14(19-20-15)10-17-11-16(21)18-13-7-5-3-2-4-6-8-13/h9,13,17H,2-8,10-12H2,1H3,(H,18,21)(H,19,20). The van der Waals surface area contributed by atoms with Gasteiger partial charge in [-0.05, 0) is 18.9 Å². The molecule has 1 aromatic heterocycles. The molecule has 3 N–H and O–H groups in total. The van der Waals surface area contributed by atoms with E-state index in [0.717, 1.165) is 24.2 Å². The summed E-state index contributed by atoms with van der Waals surface area (Å²) >= 11 is 0. The molecule has 1 aliphatic carbocycles. The molecule has 1 saturated carbocycles. The first kappa shape index (κ1) is 17.0. The molecule has 1 heterocycles. The molecule has 22 heavy (non-hydrogen) atoms. The summed E-state index contributed by atoms with van der Waals surface area (Å²) in [6.07, 6.45) is 8.64. The van der Waals surface area contributed by atoms with Crippen LogP contribution >= 0.6 is 0 Å². The van der Waals surface area contributed by atoms with Crippen LogP contribution in [0.3, 0.4) is 0 Å². The van der Waals surface area contributed by atoms with Crippen molar-refractivity contribution in [1.29, 1.82) is 0 Å². The molecule has 0 spiro atoms. The predicted molar refractivity (Wildman–Crippen MR) is 85.3 cm³/mol. The predicted octanol–water partition coefficient (Wildman–Crippen LogP) is 1.87. The van der Waals surface area contributed by atoms with E-state index in [0.29, 0.717) is 25.7 Å². The average molecular weight is 308 g/mol. The van der Waals surface area contributed by atoms with Crippen molar-refractivity contribution in [3.05, 3.63) is 17.5 Å². The first-order chi connectivity index (χ1) is 10.8. The number of carbonyl (C=O) groups excluding carboxylic acids is 1. The summed E-state index contributed by atoms with van der Waals surface area (Å²) in [6, 6.07) is 2.30. The Labute approximate surface area is 132 Å². The van der Waals surface area contributed by atoms with Gasteiger partial charge in [-0.1, -0.05) is 32.1 Å². The molecule has 0 saturated heterocycles. The monoisotopic (exact) mass is 308 g/mol. The van der Waals surface area contributed by atoms with E-state index in [4.69, 9.17) is 4.74 Å². The summed E-state index contributed by atoms with van der Waals surface area (Å²) in [5, 5.41) is 13.4. The van der Waals surface area contributed by atoms with Crippen LogP contribution in [0.15, 0.2) is 6.07 Å². The van der Waals surface area contributed by atoms with Crippen molar-refractivity contribution in [3.63, 3.8) is 0 Å². The smallest absolute Gasteiger partial charge is 0.234 e. The summed E-state index contributed by atoms with van der Waals surface area (Å²) in [7, 11) is 1.65. The minimum absolute atomic E-state index is 0.0817. The second-order valence-corrected chi connectivity index (χ2v) is 6.03. The van der Waals surface area contributed by atoms with E-state index in [1.165, 1.54) is 32.1 Å². The Morgan fingerprint density at radius 3 is 2.77 bits per heavy atom. The largest absolute Gasteiger partial charge is 0.378 e. The highest BCUT2D eigenvalue weighted by Gasteiger charge is 2.13. The first-order valence-electron chi connectivity index (χ1n) is 8.30. The highest BCUT2D eigenvalue weighted by atomic mass is 16.5. The van der Waals surface area contributed by atoms with Crippen LogP contribution in [0.1, 0.15) is 56.3 Å². The van der Waals surface area contributed by atoms with Gasteiger partial charge in [0.15, 0.2) is 0 Å². The number of rotatable bonds is 7. The first-order valence-corrected chi connectivity index (χ1v) is 8.30. The molecule has 0 aliphatic heterocycles. The molecule has 6 nitrogen and oxygen atoms in total. The third-order valence-electron chi connectivity index (χ3n) is 4.05. The molecule has 124 valence electrons. The van der Waals surface area contributed by atoms with Crippen molar-refractivity contribution >= 4 is 5.91 Å². The lowest BCUT2D eigenvalue weighted by molar-refractivity contribution is -0.121. The Bertz CT molecular complexity index is 439. The molecule has 1 fully saturated rings. The zero-order valence-corrected chi connectivity index (χ0v) is 13.5. The number of amides is 1. The molecular weight excluding hydrogens is 280 g/mol. The molecule has 0 aromatic carbocycles. The van der Waals surface area contributed by atoms with Gasteiger partial charge < -0.3 is 15.4 Å². The Balaban J connectivity index is 1.63. The van der Waals surface area contributed by atoms with E-state index in [9.17, 15) is 4.79 Å². The molecular formula is C16H28N4O2. The van der Waals surface area contributed by atoms with E-state index >= 15 is 0 Å². The van der Waals surface area contributed by atoms with Gasteiger partial charge >= 0.3 is 0 Å². The SMILES string of the molecule is COCc1cc(CNCC(=O)NC2CCCCCCC2)n[nH]1. The highest BCUT2D eigenvalue weighted by molar-refractivity contribution is 5.78. The van der Waals surface area contributed by atoms with Crippen LogP contribution in [-0.2, 0) is 22.7 Å². The summed E-state index contributed by atoms with van der Waals surface area (Å²) < 4.78 is 5.03. The van der Waals surface area contributed by atoms with E-state index in [-0.39, 0.29) is 5.91 Å². The number of hydrogen-bond acceptors (Lipinski definition) is 4. The minimum atomic E-state index is 0.0817.